The number of rotatable bonds is 5. The fourth-order valence-electron chi connectivity index (χ4n) is 2.54. The Labute approximate surface area is 121 Å². The Kier molecular flexibility index (Phi) is 4.62. The standard InChI is InChI=1S/C14H18N2O5/c1-9-11(14(19)20)3-6-16(9)12(17)2-5-15-13(18)10-4-7-21-8-10/h4,7-9,11H,2-3,5-6H2,1H3,(H,15,18)(H,19,20). The maximum Gasteiger partial charge on any atom is 0.308 e. The van der Waals surface area contributed by atoms with Gasteiger partial charge in [-0.1, -0.05) is 0 Å². The normalized spacial score (nSPS) is 21.3. The van der Waals surface area contributed by atoms with Crippen molar-refractivity contribution in [2.24, 2.45) is 5.92 Å². The summed E-state index contributed by atoms with van der Waals surface area (Å²) in [6.45, 7) is 2.41. The van der Waals surface area contributed by atoms with Crippen molar-refractivity contribution in [3.05, 3.63) is 24.2 Å². The van der Waals surface area contributed by atoms with Crippen LogP contribution >= 0.6 is 0 Å². The first-order valence-electron chi connectivity index (χ1n) is 6.83. The van der Waals surface area contributed by atoms with Crippen LogP contribution in [0.15, 0.2) is 23.0 Å². The molecule has 0 aliphatic carbocycles. The van der Waals surface area contributed by atoms with Crippen molar-refractivity contribution in [3.8, 4) is 0 Å². The van der Waals surface area contributed by atoms with Crippen molar-refractivity contribution in [3.63, 3.8) is 0 Å². The molecule has 1 aliphatic heterocycles. The molecule has 2 N–H and O–H groups in total. The summed E-state index contributed by atoms with van der Waals surface area (Å²) in [5, 5.41) is 11.7. The fourth-order valence-corrected chi connectivity index (χ4v) is 2.54. The predicted molar refractivity (Wildman–Crippen MR) is 72.6 cm³/mol. The van der Waals surface area contributed by atoms with Crippen molar-refractivity contribution in [2.75, 3.05) is 13.1 Å². The number of likely N-dealkylation sites (tertiary alicyclic amines) is 1. The topological polar surface area (TPSA) is 99.9 Å². The summed E-state index contributed by atoms with van der Waals surface area (Å²) >= 11 is 0. The summed E-state index contributed by atoms with van der Waals surface area (Å²) in [6.07, 6.45) is 3.36. The van der Waals surface area contributed by atoms with E-state index < -0.39 is 11.9 Å². The van der Waals surface area contributed by atoms with Crippen LogP contribution in [0.1, 0.15) is 30.1 Å². The second-order valence-electron chi connectivity index (χ2n) is 5.08. The van der Waals surface area contributed by atoms with Crippen LogP contribution in [-0.4, -0.2) is 46.9 Å². The van der Waals surface area contributed by atoms with E-state index in [4.69, 9.17) is 9.52 Å². The van der Waals surface area contributed by atoms with Crippen LogP contribution in [0.25, 0.3) is 0 Å². The molecular formula is C14H18N2O5. The van der Waals surface area contributed by atoms with Crippen LogP contribution in [0, 0.1) is 5.92 Å². The second-order valence-corrected chi connectivity index (χ2v) is 5.08. The lowest BCUT2D eigenvalue weighted by molar-refractivity contribution is -0.143. The van der Waals surface area contributed by atoms with Gasteiger partial charge in [-0.25, -0.2) is 0 Å². The molecule has 0 aromatic carbocycles. The first-order valence-corrected chi connectivity index (χ1v) is 6.83. The summed E-state index contributed by atoms with van der Waals surface area (Å²) < 4.78 is 4.80. The molecule has 2 rings (SSSR count). The maximum atomic E-state index is 12.1. The van der Waals surface area contributed by atoms with Gasteiger partial charge in [-0.3, -0.25) is 14.4 Å². The predicted octanol–water partition coefficient (Wildman–Crippen LogP) is 0.721. The van der Waals surface area contributed by atoms with Gasteiger partial charge in [-0.15, -0.1) is 0 Å². The Balaban J connectivity index is 1.78. The molecule has 1 aliphatic rings. The molecule has 0 radical (unpaired) electrons. The van der Waals surface area contributed by atoms with Gasteiger partial charge < -0.3 is 19.7 Å². The molecule has 114 valence electrons. The lowest BCUT2D eigenvalue weighted by Crippen LogP contribution is -2.39. The highest BCUT2D eigenvalue weighted by Crippen LogP contribution is 2.24. The molecule has 21 heavy (non-hydrogen) atoms. The van der Waals surface area contributed by atoms with Gasteiger partial charge in [0.05, 0.1) is 17.7 Å². The van der Waals surface area contributed by atoms with Crippen LogP contribution < -0.4 is 5.32 Å². The third-order valence-corrected chi connectivity index (χ3v) is 3.80. The largest absolute Gasteiger partial charge is 0.481 e. The van der Waals surface area contributed by atoms with Crippen LogP contribution in [-0.2, 0) is 9.59 Å². The summed E-state index contributed by atoms with van der Waals surface area (Å²) in [6, 6.07) is 1.23. The van der Waals surface area contributed by atoms with Crippen molar-refractivity contribution in [2.45, 2.75) is 25.8 Å². The van der Waals surface area contributed by atoms with Gasteiger partial charge in [0.25, 0.3) is 5.91 Å². The number of hydrogen-bond acceptors (Lipinski definition) is 4. The zero-order valence-electron chi connectivity index (χ0n) is 11.7. The first-order chi connectivity index (χ1) is 10.0. The van der Waals surface area contributed by atoms with E-state index in [1.807, 2.05) is 0 Å². The minimum absolute atomic E-state index is 0.140. The zero-order valence-corrected chi connectivity index (χ0v) is 11.7. The van der Waals surface area contributed by atoms with E-state index in [0.29, 0.717) is 18.5 Å². The number of aliphatic carboxylic acids is 1. The van der Waals surface area contributed by atoms with Gasteiger partial charge in [-0.05, 0) is 19.4 Å². The molecule has 0 saturated carbocycles. The number of amides is 2. The van der Waals surface area contributed by atoms with Crippen LogP contribution in [0.5, 0.6) is 0 Å². The van der Waals surface area contributed by atoms with Crippen molar-refractivity contribution < 1.29 is 23.9 Å². The van der Waals surface area contributed by atoms with Gasteiger partial charge in [-0.2, -0.15) is 0 Å². The molecule has 1 saturated heterocycles. The van der Waals surface area contributed by atoms with Gasteiger partial charge in [0, 0.05) is 25.6 Å². The van der Waals surface area contributed by atoms with E-state index in [1.165, 1.54) is 18.6 Å². The van der Waals surface area contributed by atoms with Crippen LogP contribution in [0.3, 0.4) is 0 Å². The number of furan rings is 1. The Morgan fingerprint density at radius 3 is 2.81 bits per heavy atom. The number of carbonyl (C=O) groups excluding carboxylic acids is 2. The van der Waals surface area contributed by atoms with E-state index >= 15 is 0 Å². The van der Waals surface area contributed by atoms with Gasteiger partial charge in [0.1, 0.15) is 6.26 Å². The van der Waals surface area contributed by atoms with E-state index in [2.05, 4.69) is 5.32 Å². The average molecular weight is 294 g/mol. The molecule has 0 bridgehead atoms. The quantitative estimate of drug-likeness (QED) is 0.833. The van der Waals surface area contributed by atoms with E-state index in [0.717, 1.165) is 0 Å². The number of carbonyl (C=O) groups is 3. The number of nitrogens with zero attached hydrogens (tertiary/aromatic N) is 1. The Bertz CT molecular complexity index is 525. The molecule has 1 fully saturated rings. The molecule has 0 spiro atoms. The summed E-state index contributed by atoms with van der Waals surface area (Å²) in [4.78, 5) is 36.3. The minimum atomic E-state index is -0.869. The highest BCUT2D eigenvalue weighted by molar-refractivity contribution is 5.94. The maximum absolute atomic E-state index is 12.1. The average Bonchev–Trinajstić information content (AvgIpc) is 3.07. The molecule has 2 atom stereocenters. The smallest absolute Gasteiger partial charge is 0.308 e. The molecule has 2 amide bonds. The Hall–Kier alpha value is -2.31. The monoisotopic (exact) mass is 294 g/mol. The Morgan fingerprint density at radius 2 is 2.24 bits per heavy atom. The van der Waals surface area contributed by atoms with Gasteiger partial charge in [0.2, 0.25) is 5.91 Å². The zero-order chi connectivity index (χ0) is 15.4. The second kappa shape index (κ2) is 6.43. The molecule has 1 aromatic heterocycles. The van der Waals surface area contributed by atoms with Crippen molar-refractivity contribution in [1.82, 2.24) is 10.2 Å². The molecule has 2 heterocycles. The Morgan fingerprint density at radius 1 is 1.48 bits per heavy atom. The number of hydrogen-bond donors (Lipinski definition) is 2. The number of carboxylic acid groups (broad SMARTS) is 1. The third kappa shape index (κ3) is 3.42. The van der Waals surface area contributed by atoms with E-state index in [1.54, 1.807) is 11.8 Å². The van der Waals surface area contributed by atoms with Crippen LogP contribution in [0.2, 0.25) is 0 Å². The van der Waals surface area contributed by atoms with Gasteiger partial charge >= 0.3 is 5.97 Å². The lowest BCUT2D eigenvalue weighted by atomic mass is 10.0. The highest BCUT2D eigenvalue weighted by Gasteiger charge is 2.37. The third-order valence-electron chi connectivity index (χ3n) is 3.80. The summed E-state index contributed by atoms with van der Waals surface area (Å²) in [5.74, 6) is -1.81. The van der Waals surface area contributed by atoms with E-state index in [-0.39, 0.29) is 30.8 Å². The summed E-state index contributed by atoms with van der Waals surface area (Å²) in [5.41, 5.74) is 0.405. The molecular weight excluding hydrogens is 276 g/mol. The molecule has 1 aromatic rings. The fraction of sp³-hybridized carbons (Fsp3) is 0.500. The van der Waals surface area contributed by atoms with Crippen molar-refractivity contribution >= 4 is 17.8 Å². The summed E-state index contributed by atoms with van der Waals surface area (Å²) in [7, 11) is 0. The molecule has 7 heteroatoms. The SMILES string of the molecule is CC1C(C(=O)O)CCN1C(=O)CCNC(=O)c1ccoc1. The van der Waals surface area contributed by atoms with E-state index in [9.17, 15) is 14.4 Å². The van der Waals surface area contributed by atoms with Gasteiger partial charge in [0.15, 0.2) is 0 Å². The van der Waals surface area contributed by atoms with Crippen LogP contribution in [0.4, 0.5) is 0 Å². The molecule has 2 unspecified atom stereocenters. The first kappa shape index (κ1) is 15.1. The number of carboxylic acids is 1. The highest BCUT2D eigenvalue weighted by atomic mass is 16.4. The lowest BCUT2D eigenvalue weighted by Gasteiger charge is -2.23. The minimum Gasteiger partial charge on any atom is -0.481 e. The number of nitrogens with one attached hydrogen (secondary N) is 1. The molecule has 7 nitrogen and oxygen atoms in total. The van der Waals surface area contributed by atoms with Crippen molar-refractivity contribution in [1.29, 1.82) is 0 Å².